The Kier molecular flexibility index (Phi) is 6.85. The first-order chi connectivity index (χ1) is 16.4. The molecular formula is C24H26N4O6. The number of esters is 3. The van der Waals surface area contributed by atoms with Crippen LogP contribution in [-0.2, 0) is 36.8 Å². The molecule has 4 rings (SSSR count). The quantitative estimate of drug-likeness (QED) is 0.346. The molecule has 2 aromatic heterocycles. The summed E-state index contributed by atoms with van der Waals surface area (Å²) >= 11 is 0. The number of hydrogen-bond acceptors (Lipinski definition) is 9. The Morgan fingerprint density at radius 1 is 1.06 bits per heavy atom. The number of imidazole rings is 1. The van der Waals surface area contributed by atoms with Gasteiger partial charge in [-0.1, -0.05) is 25.1 Å². The molecule has 0 bridgehead atoms. The molecule has 10 heteroatoms. The van der Waals surface area contributed by atoms with Crippen molar-refractivity contribution in [3.8, 4) is 0 Å². The fourth-order valence-electron chi connectivity index (χ4n) is 4.02. The zero-order valence-corrected chi connectivity index (χ0v) is 19.2. The van der Waals surface area contributed by atoms with E-state index in [0.29, 0.717) is 29.6 Å². The van der Waals surface area contributed by atoms with Gasteiger partial charge in [0.25, 0.3) is 0 Å². The highest BCUT2D eigenvalue weighted by Crippen LogP contribution is 2.41. The number of fused-ring (bicyclic) bond motifs is 1. The van der Waals surface area contributed by atoms with Gasteiger partial charge in [-0.15, -0.1) is 0 Å². The highest BCUT2D eigenvalue weighted by molar-refractivity contribution is 5.89. The summed E-state index contributed by atoms with van der Waals surface area (Å²) in [5.74, 6) is -1.80. The summed E-state index contributed by atoms with van der Waals surface area (Å²) < 4.78 is 18.5. The first-order valence-electron chi connectivity index (χ1n) is 11.1. The minimum Gasteiger partial charge on any atom is -0.458 e. The van der Waals surface area contributed by atoms with Crippen molar-refractivity contribution in [2.75, 3.05) is 0 Å². The van der Waals surface area contributed by atoms with Crippen molar-refractivity contribution in [2.24, 2.45) is 5.92 Å². The SMILES string of the molecule is CCc1ncnc2c1ncn2C[C@@H](OC(C)=O)C(OC(C)=O)C1CC1OC(=O)c1ccccc1. The van der Waals surface area contributed by atoms with Gasteiger partial charge in [-0.3, -0.25) is 9.59 Å². The number of nitrogens with zero attached hydrogens (tertiary/aromatic N) is 4. The van der Waals surface area contributed by atoms with E-state index in [0.717, 1.165) is 5.69 Å². The van der Waals surface area contributed by atoms with E-state index in [4.69, 9.17) is 14.2 Å². The molecule has 3 aromatic rings. The molecule has 178 valence electrons. The number of carbonyl (C=O) groups excluding carboxylic acids is 3. The molecule has 10 nitrogen and oxygen atoms in total. The second-order valence-electron chi connectivity index (χ2n) is 8.17. The van der Waals surface area contributed by atoms with Gasteiger partial charge >= 0.3 is 17.9 Å². The Morgan fingerprint density at radius 3 is 2.47 bits per heavy atom. The van der Waals surface area contributed by atoms with Gasteiger partial charge in [-0.2, -0.15) is 0 Å². The summed E-state index contributed by atoms with van der Waals surface area (Å²) in [6.07, 6.45) is 2.15. The van der Waals surface area contributed by atoms with Crippen molar-refractivity contribution in [3.63, 3.8) is 0 Å². The average molecular weight is 466 g/mol. The van der Waals surface area contributed by atoms with Crippen molar-refractivity contribution in [3.05, 3.63) is 54.2 Å². The van der Waals surface area contributed by atoms with Gasteiger partial charge in [0, 0.05) is 19.8 Å². The first kappa shape index (κ1) is 23.3. The molecule has 0 amide bonds. The van der Waals surface area contributed by atoms with Crippen LogP contribution in [0.1, 0.15) is 43.2 Å². The van der Waals surface area contributed by atoms with Gasteiger partial charge in [0.15, 0.2) is 11.8 Å². The van der Waals surface area contributed by atoms with Gasteiger partial charge in [0.05, 0.1) is 24.1 Å². The molecule has 1 aliphatic rings. The van der Waals surface area contributed by atoms with Crippen molar-refractivity contribution >= 4 is 29.1 Å². The predicted octanol–water partition coefficient (Wildman–Crippen LogP) is 2.50. The third kappa shape index (κ3) is 5.22. The maximum absolute atomic E-state index is 12.5. The molecule has 0 N–H and O–H groups in total. The van der Waals surface area contributed by atoms with Crippen molar-refractivity contribution in [1.29, 1.82) is 0 Å². The van der Waals surface area contributed by atoms with Crippen LogP contribution in [0.2, 0.25) is 0 Å². The second kappa shape index (κ2) is 9.98. The molecule has 4 atom stereocenters. The zero-order valence-electron chi connectivity index (χ0n) is 19.2. The van der Waals surface area contributed by atoms with Crippen LogP contribution in [0.5, 0.6) is 0 Å². The van der Waals surface area contributed by atoms with E-state index >= 15 is 0 Å². The second-order valence-corrected chi connectivity index (χ2v) is 8.17. The number of ether oxygens (including phenoxy) is 3. The summed E-state index contributed by atoms with van der Waals surface area (Å²) in [5, 5.41) is 0. The largest absolute Gasteiger partial charge is 0.458 e. The van der Waals surface area contributed by atoms with Crippen LogP contribution < -0.4 is 0 Å². The molecule has 3 unspecified atom stereocenters. The molecule has 0 spiro atoms. The molecule has 34 heavy (non-hydrogen) atoms. The number of aromatic nitrogens is 4. The lowest BCUT2D eigenvalue weighted by Gasteiger charge is -2.27. The topological polar surface area (TPSA) is 123 Å². The maximum Gasteiger partial charge on any atom is 0.338 e. The van der Waals surface area contributed by atoms with Crippen molar-refractivity contribution < 1.29 is 28.6 Å². The number of rotatable bonds is 9. The van der Waals surface area contributed by atoms with E-state index in [1.54, 1.807) is 35.2 Å². The molecule has 1 saturated carbocycles. The van der Waals surface area contributed by atoms with E-state index in [1.807, 2.05) is 13.0 Å². The Hall–Kier alpha value is -3.82. The van der Waals surface area contributed by atoms with Gasteiger partial charge in [0.2, 0.25) is 0 Å². The summed E-state index contributed by atoms with van der Waals surface area (Å²) in [6.45, 7) is 4.72. The highest BCUT2D eigenvalue weighted by atomic mass is 16.6. The Balaban J connectivity index is 1.55. The fourth-order valence-corrected chi connectivity index (χ4v) is 4.02. The van der Waals surface area contributed by atoms with Crippen molar-refractivity contribution in [1.82, 2.24) is 19.5 Å². The number of benzene rings is 1. The maximum atomic E-state index is 12.5. The van der Waals surface area contributed by atoms with Crippen molar-refractivity contribution in [2.45, 2.75) is 58.5 Å². The van der Waals surface area contributed by atoms with Crippen LogP contribution in [0.15, 0.2) is 43.0 Å². The fraction of sp³-hybridized carbons (Fsp3) is 0.417. The third-order valence-electron chi connectivity index (χ3n) is 5.64. The standard InChI is InChI=1S/C24H26N4O6/c1-4-18-21-23(26-12-25-18)28(13-27-21)11-20(32-14(2)29)22(33-15(3)30)17-10-19(17)34-24(31)16-8-6-5-7-9-16/h5-9,12-13,17,19-20,22H,4,10-11H2,1-3H3/t17?,19?,20-,22?/m1/s1. The van der Waals surface area contributed by atoms with E-state index in [9.17, 15) is 14.4 Å². The smallest absolute Gasteiger partial charge is 0.338 e. The van der Waals surface area contributed by atoms with E-state index in [1.165, 1.54) is 20.2 Å². The Labute approximate surface area is 196 Å². The average Bonchev–Trinajstić information content (AvgIpc) is 3.45. The zero-order chi connectivity index (χ0) is 24.2. The Bertz CT molecular complexity index is 1190. The number of carbonyl (C=O) groups is 3. The van der Waals surface area contributed by atoms with Crippen LogP contribution in [-0.4, -0.2) is 55.7 Å². The van der Waals surface area contributed by atoms with E-state index in [2.05, 4.69) is 15.0 Å². The summed E-state index contributed by atoms with van der Waals surface area (Å²) in [7, 11) is 0. The molecule has 1 aromatic carbocycles. The van der Waals surface area contributed by atoms with E-state index < -0.39 is 36.2 Å². The third-order valence-corrected chi connectivity index (χ3v) is 5.64. The van der Waals surface area contributed by atoms with Crippen LogP contribution in [0.25, 0.3) is 11.2 Å². The van der Waals surface area contributed by atoms with Gasteiger partial charge in [-0.25, -0.2) is 19.7 Å². The summed E-state index contributed by atoms with van der Waals surface area (Å²) in [5.41, 5.74) is 2.49. The molecule has 1 aliphatic carbocycles. The molecule has 1 fully saturated rings. The normalized spacial score (nSPS) is 18.7. The van der Waals surface area contributed by atoms with Gasteiger partial charge < -0.3 is 18.8 Å². The van der Waals surface area contributed by atoms with Gasteiger partial charge in [-0.05, 0) is 25.0 Å². The molecular weight excluding hydrogens is 440 g/mol. The predicted molar refractivity (Wildman–Crippen MR) is 120 cm³/mol. The minimum absolute atomic E-state index is 0.157. The summed E-state index contributed by atoms with van der Waals surface area (Å²) in [6, 6.07) is 8.65. The molecule has 0 saturated heterocycles. The van der Waals surface area contributed by atoms with Crippen LogP contribution in [0.3, 0.4) is 0 Å². The number of hydrogen-bond donors (Lipinski definition) is 0. The molecule has 0 aliphatic heterocycles. The number of aryl methyl sites for hydroxylation is 1. The van der Waals surface area contributed by atoms with Gasteiger partial charge in [0.1, 0.15) is 24.1 Å². The Morgan fingerprint density at radius 2 is 1.79 bits per heavy atom. The van der Waals surface area contributed by atoms with Crippen LogP contribution >= 0.6 is 0 Å². The highest BCUT2D eigenvalue weighted by Gasteiger charge is 2.52. The van der Waals surface area contributed by atoms with Crippen LogP contribution in [0, 0.1) is 5.92 Å². The molecule has 2 heterocycles. The lowest BCUT2D eigenvalue weighted by Crippen LogP contribution is -2.40. The van der Waals surface area contributed by atoms with E-state index in [-0.39, 0.29) is 12.5 Å². The monoisotopic (exact) mass is 466 g/mol. The lowest BCUT2D eigenvalue weighted by molar-refractivity contribution is -0.169. The minimum atomic E-state index is -0.829. The summed E-state index contributed by atoms with van der Waals surface area (Å²) in [4.78, 5) is 49.3. The lowest BCUT2D eigenvalue weighted by atomic mass is 10.1. The van der Waals surface area contributed by atoms with Crippen LogP contribution in [0.4, 0.5) is 0 Å². The molecule has 0 radical (unpaired) electrons. The first-order valence-corrected chi connectivity index (χ1v) is 11.1.